The van der Waals surface area contributed by atoms with Crippen LogP contribution in [0.25, 0.3) is 0 Å². The molecule has 0 saturated carbocycles. The Morgan fingerprint density at radius 1 is 1.47 bits per heavy atom. The highest BCUT2D eigenvalue weighted by Gasteiger charge is 2.11. The van der Waals surface area contributed by atoms with Crippen molar-refractivity contribution in [2.75, 3.05) is 13.7 Å². The Balaban J connectivity index is 2.37. The van der Waals surface area contributed by atoms with Crippen LogP contribution in [0.5, 0.6) is 0 Å². The number of methoxy groups -OCH3 is 1. The molecule has 98 valence electrons. The number of rotatable bonds is 9. The second-order valence-corrected chi connectivity index (χ2v) is 5.42. The van der Waals surface area contributed by atoms with Crippen molar-refractivity contribution in [1.82, 2.24) is 10.3 Å². The van der Waals surface area contributed by atoms with Gasteiger partial charge in [0.15, 0.2) is 0 Å². The van der Waals surface area contributed by atoms with Gasteiger partial charge in [-0.3, -0.25) is 4.98 Å². The summed E-state index contributed by atoms with van der Waals surface area (Å²) in [5, 5.41) is 3.61. The number of hydrogen-bond donors (Lipinski definition) is 1. The summed E-state index contributed by atoms with van der Waals surface area (Å²) in [6.45, 7) is 5.42. The van der Waals surface area contributed by atoms with Crippen LogP contribution in [0.3, 0.4) is 0 Å². The van der Waals surface area contributed by atoms with Gasteiger partial charge in [-0.2, -0.15) is 0 Å². The second-order valence-electron chi connectivity index (χ2n) is 4.45. The Morgan fingerprint density at radius 2 is 2.29 bits per heavy atom. The fourth-order valence-corrected chi connectivity index (χ4v) is 2.44. The van der Waals surface area contributed by atoms with E-state index in [-0.39, 0.29) is 0 Å². The maximum Gasteiger partial charge on any atom is 0.0794 e. The predicted octanol–water partition coefficient (Wildman–Crippen LogP) is 2.87. The van der Waals surface area contributed by atoms with Gasteiger partial charge in [0.25, 0.3) is 0 Å². The lowest BCUT2D eigenvalue weighted by atomic mass is 10.0. The van der Waals surface area contributed by atoms with Crippen molar-refractivity contribution in [2.24, 2.45) is 0 Å². The first-order valence-corrected chi connectivity index (χ1v) is 7.27. The first kappa shape index (κ1) is 14.6. The highest BCUT2D eigenvalue weighted by atomic mass is 32.1. The summed E-state index contributed by atoms with van der Waals surface area (Å²) in [7, 11) is 1.78. The molecule has 0 saturated heterocycles. The highest BCUT2D eigenvalue weighted by molar-refractivity contribution is 7.09. The summed E-state index contributed by atoms with van der Waals surface area (Å²) >= 11 is 1.74. The molecule has 0 aliphatic carbocycles. The molecule has 17 heavy (non-hydrogen) atoms. The van der Waals surface area contributed by atoms with Gasteiger partial charge >= 0.3 is 0 Å². The minimum Gasteiger partial charge on any atom is -0.382 e. The molecule has 0 bridgehead atoms. The smallest absolute Gasteiger partial charge is 0.0794 e. The van der Waals surface area contributed by atoms with Crippen molar-refractivity contribution in [3.8, 4) is 0 Å². The molecular weight excluding hydrogens is 232 g/mol. The predicted molar refractivity (Wildman–Crippen MR) is 73.6 cm³/mol. The van der Waals surface area contributed by atoms with E-state index >= 15 is 0 Å². The van der Waals surface area contributed by atoms with Crippen molar-refractivity contribution in [2.45, 2.75) is 51.7 Å². The Hall–Kier alpha value is -0.450. The zero-order valence-electron chi connectivity index (χ0n) is 11.1. The molecule has 0 aliphatic heterocycles. The summed E-state index contributed by atoms with van der Waals surface area (Å²) in [6.07, 6.45) is 6.86. The van der Waals surface area contributed by atoms with Gasteiger partial charge in [0.2, 0.25) is 0 Å². The second kappa shape index (κ2) is 8.61. The number of aromatic nitrogens is 1. The number of thiazole rings is 1. The van der Waals surface area contributed by atoms with Crippen LogP contribution in [0.4, 0.5) is 0 Å². The molecule has 2 atom stereocenters. The molecule has 1 heterocycles. The van der Waals surface area contributed by atoms with Crippen LogP contribution in [0, 0.1) is 0 Å². The fraction of sp³-hybridized carbons (Fsp3) is 0.769. The molecule has 2 unspecified atom stereocenters. The summed E-state index contributed by atoms with van der Waals surface area (Å²) in [4.78, 5) is 5.50. The van der Waals surface area contributed by atoms with Crippen molar-refractivity contribution >= 4 is 11.3 Å². The van der Waals surface area contributed by atoms with Gasteiger partial charge in [-0.25, -0.2) is 0 Å². The Kier molecular flexibility index (Phi) is 7.40. The quantitative estimate of drug-likeness (QED) is 0.737. The molecular formula is C13H24N2OS. The van der Waals surface area contributed by atoms with E-state index in [1.807, 2.05) is 11.7 Å². The third kappa shape index (κ3) is 6.15. The van der Waals surface area contributed by atoms with Crippen LogP contribution in [0.1, 0.15) is 38.0 Å². The van der Waals surface area contributed by atoms with Crippen molar-refractivity contribution in [1.29, 1.82) is 0 Å². The molecule has 1 aromatic heterocycles. The first-order chi connectivity index (χ1) is 8.26. The summed E-state index contributed by atoms with van der Waals surface area (Å²) in [5.41, 5.74) is 1.91. The molecule has 0 radical (unpaired) electrons. The maximum absolute atomic E-state index is 5.30. The largest absolute Gasteiger partial charge is 0.382 e. The van der Waals surface area contributed by atoms with Crippen LogP contribution in [-0.2, 0) is 11.2 Å². The fourth-order valence-electron chi connectivity index (χ4n) is 1.76. The highest BCUT2D eigenvalue weighted by Crippen LogP contribution is 2.13. The van der Waals surface area contributed by atoms with Crippen molar-refractivity contribution < 1.29 is 4.74 Å². The number of ether oxygens (including phenoxy) is 1. The third-order valence-corrected chi connectivity index (χ3v) is 3.74. The van der Waals surface area contributed by atoms with E-state index in [2.05, 4.69) is 24.1 Å². The maximum atomic E-state index is 5.30. The van der Waals surface area contributed by atoms with Crippen LogP contribution in [0.15, 0.2) is 11.7 Å². The van der Waals surface area contributed by atoms with Crippen molar-refractivity contribution in [3.63, 3.8) is 0 Å². The zero-order valence-corrected chi connectivity index (χ0v) is 11.9. The van der Waals surface area contributed by atoms with E-state index in [4.69, 9.17) is 4.74 Å². The van der Waals surface area contributed by atoms with Gasteiger partial charge in [0, 0.05) is 24.2 Å². The van der Waals surface area contributed by atoms with Crippen LogP contribution >= 0.6 is 11.3 Å². The molecule has 3 nitrogen and oxygen atoms in total. The van der Waals surface area contributed by atoms with Gasteiger partial charge < -0.3 is 10.1 Å². The lowest BCUT2D eigenvalue weighted by Gasteiger charge is -2.19. The minimum atomic E-state index is 0.349. The SMILES string of the molecule is CCCNC(CCC(C)OC)Cc1cncs1. The van der Waals surface area contributed by atoms with Gasteiger partial charge in [-0.15, -0.1) is 11.3 Å². The lowest BCUT2D eigenvalue weighted by Crippen LogP contribution is -2.32. The molecule has 0 aromatic carbocycles. The average molecular weight is 256 g/mol. The summed E-state index contributed by atoms with van der Waals surface area (Å²) in [5.74, 6) is 0. The van der Waals surface area contributed by atoms with E-state index in [0.29, 0.717) is 12.1 Å². The lowest BCUT2D eigenvalue weighted by molar-refractivity contribution is 0.106. The Bertz CT molecular complexity index is 277. The zero-order chi connectivity index (χ0) is 12.5. The molecule has 1 rings (SSSR count). The van der Waals surface area contributed by atoms with Crippen LogP contribution < -0.4 is 5.32 Å². The number of nitrogens with one attached hydrogen (secondary N) is 1. The van der Waals surface area contributed by atoms with E-state index in [1.54, 1.807) is 18.4 Å². The van der Waals surface area contributed by atoms with Gasteiger partial charge in [-0.1, -0.05) is 6.92 Å². The van der Waals surface area contributed by atoms with Gasteiger partial charge in [0.1, 0.15) is 0 Å². The molecule has 1 N–H and O–H groups in total. The standard InChI is InChI=1S/C13H24N2OS/c1-4-7-15-12(6-5-11(2)16-3)8-13-9-14-10-17-13/h9-12,15H,4-8H2,1-3H3. The molecule has 4 heteroatoms. The first-order valence-electron chi connectivity index (χ1n) is 6.39. The molecule has 0 amide bonds. The molecule has 1 aromatic rings. The van der Waals surface area contributed by atoms with E-state index < -0.39 is 0 Å². The van der Waals surface area contributed by atoms with E-state index in [0.717, 1.165) is 25.8 Å². The Labute approximate surface area is 109 Å². The monoisotopic (exact) mass is 256 g/mol. The molecule has 0 aliphatic rings. The van der Waals surface area contributed by atoms with Crippen LogP contribution in [0.2, 0.25) is 0 Å². The summed E-state index contributed by atoms with van der Waals surface area (Å²) < 4.78 is 5.30. The summed E-state index contributed by atoms with van der Waals surface area (Å²) in [6, 6.07) is 0.549. The van der Waals surface area contributed by atoms with Crippen molar-refractivity contribution in [3.05, 3.63) is 16.6 Å². The molecule has 0 spiro atoms. The van der Waals surface area contributed by atoms with E-state index in [1.165, 1.54) is 11.3 Å². The van der Waals surface area contributed by atoms with E-state index in [9.17, 15) is 0 Å². The average Bonchev–Trinajstić information content (AvgIpc) is 2.84. The van der Waals surface area contributed by atoms with Crippen LogP contribution in [-0.4, -0.2) is 30.8 Å². The van der Waals surface area contributed by atoms with Gasteiger partial charge in [0.05, 0.1) is 11.6 Å². The normalized spacial score (nSPS) is 14.8. The Morgan fingerprint density at radius 3 is 2.88 bits per heavy atom. The topological polar surface area (TPSA) is 34.1 Å². The number of hydrogen-bond acceptors (Lipinski definition) is 4. The third-order valence-electron chi connectivity index (χ3n) is 2.94. The molecule has 0 fully saturated rings. The number of nitrogens with zero attached hydrogens (tertiary/aromatic N) is 1. The minimum absolute atomic E-state index is 0.349. The van der Waals surface area contributed by atoms with Gasteiger partial charge in [-0.05, 0) is 39.2 Å².